The predicted octanol–water partition coefficient (Wildman–Crippen LogP) is -0.338. The number of nitrogens with zero attached hydrogens (tertiary/aromatic N) is 2. The van der Waals surface area contributed by atoms with Crippen molar-refractivity contribution in [3.8, 4) is 6.07 Å². The summed E-state index contributed by atoms with van der Waals surface area (Å²) >= 11 is 0. The van der Waals surface area contributed by atoms with E-state index in [9.17, 15) is 19.2 Å². The van der Waals surface area contributed by atoms with Gasteiger partial charge in [-0.25, -0.2) is 0 Å². The summed E-state index contributed by atoms with van der Waals surface area (Å²) in [5, 5.41) is 8.83. The number of esters is 1. The molecule has 1 saturated heterocycles. The first-order chi connectivity index (χ1) is 11.8. The number of carbonyl (C=O) groups excluding carboxylic acids is 4. The molecule has 25 heavy (non-hydrogen) atoms. The zero-order valence-corrected chi connectivity index (χ0v) is 13.6. The average molecular weight is 343 g/mol. The summed E-state index contributed by atoms with van der Waals surface area (Å²) in [5.41, 5.74) is 5.15. The first-order valence-corrected chi connectivity index (χ1v) is 7.94. The molecule has 2 aliphatic carbocycles. The van der Waals surface area contributed by atoms with E-state index in [0.29, 0.717) is 0 Å². The molecular weight excluding hydrogens is 326 g/mol. The molecule has 0 radical (unpaired) electrons. The zero-order valence-electron chi connectivity index (χ0n) is 13.6. The van der Waals surface area contributed by atoms with Crippen LogP contribution in [-0.4, -0.2) is 41.6 Å². The van der Waals surface area contributed by atoms with Crippen LogP contribution in [0, 0.1) is 35.0 Å². The highest BCUT2D eigenvalue weighted by Crippen LogP contribution is 2.52. The van der Waals surface area contributed by atoms with Gasteiger partial charge >= 0.3 is 5.97 Å². The molecule has 2 amide bonds. The molecule has 0 aromatic carbocycles. The largest absolute Gasteiger partial charge is 0.456 e. The third-order valence-corrected chi connectivity index (χ3v) is 5.00. The van der Waals surface area contributed by atoms with Crippen LogP contribution in [0.1, 0.15) is 13.3 Å². The molecule has 8 heteroatoms. The number of likely N-dealkylation sites (tertiary alicyclic amines) is 1. The summed E-state index contributed by atoms with van der Waals surface area (Å²) < 4.78 is 4.80. The zero-order chi connectivity index (χ0) is 18.3. The number of ketones is 1. The number of ether oxygens (including phenoxy) is 1. The molecule has 0 spiro atoms. The second-order valence-electron chi connectivity index (χ2n) is 6.52. The van der Waals surface area contributed by atoms with Crippen molar-refractivity contribution < 1.29 is 23.9 Å². The number of rotatable bonds is 5. The molecule has 1 saturated carbocycles. The fourth-order valence-corrected chi connectivity index (χ4v) is 3.88. The Morgan fingerprint density at radius 1 is 1.28 bits per heavy atom. The van der Waals surface area contributed by atoms with Crippen molar-refractivity contribution in [3.05, 3.63) is 23.4 Å². The van der Waals surface area contributed by atoms with Gasteiger partial charge in [0.15, 0.2) is 6.61 Å². The van der Waals surface area contributed by atoms with Crippen molar-refractivity contribution in [2.45, 2.75) is 13.3 Å². The first-order valence-electron chi connectivity index (χ1n) is 7.94. The van der Waals surface area contributed by atoms with E-state index in [2.05, 4.69) is 0 Å². The molecule has 2 fully saturated rings. The number of hydrogen-bond acceptors (Lipinski definition) is 7. The minimum Gasteiger partial charge on any atom is -0.456 e. The molecule has 4 atom stereocenters. The summed E-state index contributed by atoms with van der Waals surface area (Å²) in [6.45, 7) is 0.206. The number of nitriles is 1. The smallest absolute Gasteiger partial charge is 0.326 e. The molecule has 3 rings (SSSR count). The van der Waals surface area contributed by atoms with E-state index >= 15 is 0 Å². The van der Waals surface area contributed by atoms with E-state index in [-0.39, 0.29) is 46.8 Å². The number of Topliss-reactive ketones (excluding diaryl/α,β-unsaturated/α-hetero) is 1. The van der Waals surface area contributed by atoms with Crippen LogP contribution in [0.25, 0.3) is 0 Å². The minimum atomic E-state index is -0.873. The standard InChI is InChI=1S/C17H17N3O5/c1-8(19)11(5-18)12(21)7-25-13(22)6-20-16(23)14-9-2-3-10(4-9)15(14)17(20)24/h2-3,9-10,14-15H,4,6-7,19H2,1H3/b11-8+/t9-,10+,14-,15-/m0/s1. The highest BCUT2D eigenvalue weighted by molar-refractivity contribution is 6.08. The quantitative estimate of drug-likeness (QED) is 0.237. The molecule has 0 unspecified atom stereocenters. The van der Waals surface area contributed by atoms with Gasteiger partial charge in [-0.05, 0) is 25.2 Å². The van der Waals surface area contributed by atoms with Crippen LogP contribution in [0.15, 0.2) is 23.4 Å². The summed E-state index contributed by atoms with van der Waals surface area (Å²) in [6, 6.07) is 1.64. The number of carbonyl (C=O) groups is 4. The number of amides is 2. The van der Waals surface area contributed by atoms with Gasteiger partial charge in [-0.2, -0.15) is 5.26 Å². The molecular formula is C17H17N3O5. The summed E-state index contributed by atoms with van der Waals surface area (Å²) in [5.74, 6) is -2.96. The lowest BCUT2D eigenvalue weighted by Crippen LogP contribution is -2.38. The SMILES string of the molecule is C/C(N)=C(/C#N)C(=O)COC(=O)CN1C(=O)[C@@H]2[C@@H](C1=O)[C@H]1C=C[C@@H]2C1. The number of fused-ring (bicyclic) bond motifs is 5. The van der Waals surface area contributed by atoms with Gasteiger partial charge < -0.3 is 10.5 Å². The lowest BCUT2D eigenvalue weighted by molar-refractivity contribution is -0.154. The van der Waals surface area contributed by atoms with E-state index in [0.717, 1.165) is 11.3 Å². The van der Waals surface area contributed by atoms with E-state index in [1.54, 1.807) is 6.07 Å². The van der Waals surface area contributed by atoms with Crippen molar-refractivity contribution in [3.63, 3.8) is 0 Å². The van der Waals surface area contributed by atoms with Gasteiger partial charge in [0, 0.05) is 5.70 Å². The van der Waals surface area contributed by atoms with Crippen molar-refractivity contribution in [1.29, 1.82) is 5.26 Å². The summed E-state index contributed by atoms with van der Waals surface area (Å²) in [7, 11) is 0. The van der Waals surface area contributed by atoms with Crippen molar-refractivity contribution in [2.24, 2.45) is 29.4 Å². The van der Waals surface area contributed by atoms with Crippen LogP contribution in [-0.2, 0) is 23.9 Å². The van der Waals surface area contributed by atoms with Gasteiger partial charge in [0.2, 0.25) is 17.6 Å². The topological polar surface area (TPSA) is 131 Å². The average Bonchev–Trinajstić information content (AvgIpc) is 3.23. The van der Waals surface area contributed by atoms with E-state index in [4.69, 9.17) is 15.7 Å². The van der Waals surface area contributed by atoms with Crippen molar-refractivity contribution in [1.82, 2.24) is 4.90 Å². The highest BCUT2D eigenvalue weighted by atomic mass is 16.5. The van der Waals surface area contributed by atoms with Crippen molar-refractivity contribution >= 4 is 23.6 Å². The molecule has 130 valence electrons. The Bertz CT molecular complexity index is 742. The lowest BCUT2D eigenvalue weighted by atomic mass is 9.85. The number of hydrogen-bond donors (Lipinski definition) is 1. The Kier molecular flexibility index (Phi) is 4.17. The van der Waals surface area contributed by atoms with Crippen molar-refractivity contribution in [2.75, 3.05) is 13.2 Å². The number of nitrogens with two attached hydrogens (primary N) is 1. The molecule has 8 nitrogen and oxygen atoms in total. The molecule has 0 aromatic rings. The van der Waals surface area contributed by atoms with Crippen LogP contribution in [0.4, 0.5) is 0 Å². The maximum absolute atomic E-state index is 12.4. The molecule has 1 aliphatic heterocycles. The number of imide groups is 1. The van der Waals surface area contributed by atoms with Crippen LogP contribution >= 0.6 is 0 Å². The highest BCUT2D eigenvalue weighted by Gasteiger charge is 2.59. The first kappa shape index (κ1) is 16.9. The van der Waals surface area contributed by atoms with Gasteiger partial charge in [-0.1, -0.05) is 12.2 Å². The molecule has 0 aromatic heterocycles. The monoisotopic (exact) mass is 343 g/mol. The molecule has 3 aliphatic rings. The van der Waals surface area contributed by atoms with Gasteiger partial charge in [0.1, 0.15) is 18.2 Å². The van der Waals surface area contributed by atoms with Crippen LogP contribution in [0.3, 0.4) is 0 Å². The second-order valence-corrected chi connectivity index (χ2v) is 6.52. The third-order valence-electron chi connectivity index (χ3n) is 5.00. The Balaban J connectivity index is 1.59. The van der Waals surface area contributed by atoms with Crippen LogP contribution < -0.4 is 5.73 Å². The number of allylic oxidation sites excluding steroid dienone is 3. The van der Waals surface area contributed by atoms with Gasteiger partial charge in [0.05, 0.1) is 11.8 Å². The minimum absolute atomic E-state index is 0.0317. The normalized spacial score (nSPS) is 30.2. The molecule has 2 N–H and O–H groups in total. The lowest BCUT2D eigenvalue weighted by Gasteiger charge is -2.16. The fraction of sp³-hybridized carbons (Fsp3) is 0.471. The van der Waals surface area contributed by atoms with Crippen LogP contribution in [0.2, 0.25) is 0 Å². The van der Waals surface area contributed by atoms with Gasteiger partial charge in [-0.15, -0.1) is 0 Å². The Morgan fingerprint density at radius 2 is 1.84 bits per heavy atom. The molecule has 2 bridgehead atoms. The Labute approximate surface area is 143 Å². The maximum atomic E-state index is 12.4. The van der Waals surface area contributed by atoms with E-state index in [1.807, 2.05) is 12.2 Å². The predicted molar refractivity (Wildman–Crippen MR) is 82.9 cm³/mol. The van der Waals surface area contributed by atoms with E-state index in [1.165, 1.54) is 6.92 Å². The Hall–Kier alpha value is -2.95. The van der Waals surface area contributed by atoms with E-state index < -0.39 is 24.9 Å². The van der Waals surface area contributed by atoms with Crippen LogP contribution in [0.5, 0.6) is 0 Å². The summed E-state index contributed by atoms with van der Waals surface area (Å²) in [6.07, 6.45) is 4.73. The summed E-state index contributed by atoms with van der Waals surface area (Å²) in [4.78, 5) is 49.4. The second kappa shape index (κ2) is 6.16. The fourth-order valence-electron chi connectivity index (χ4n) is 3.88. The maximum Gasteiger partial charge on any atom is 0.326 e. The van der Waals surface area contributed by atoms with Gasteiger partial charge in [-0.3, -0.25) is 24.1 Å². The third kappa shape index (κ3) is 2.71. The van der Waals surface area contributed by atoms with Gasteiger partial charge in [0.25, 0.3) is 0 Å². The molecule has 1 heterocycles. The Morgan fingerprint density at radius 3 is 2.32 bits per heavy atom.